The van der Waals surface area contributed by atoms with E-state index in [-0.39, 0.29) is 23.7 Å². The van der Waals surface area contributed by atoms with Gasteiger partial charge in [0.2, 0.25) is 11.8 Å². The van der Waals surface area contributed by atoms with E-state index in [1.165, 1.54) is 4.90 Å². The Morgan fingerprint density at radius 3 is 2.42 bits per heavy atom. The first-order valence-electron chi connectivity index (χ1n) is 4.22. The van der Waals surface area contributed by atoms with Crippen LogP contribution in [-0.2, 0) is 9.59 Å². The van der Waals surface area contributed by atoms with Gasteiger partial charge in [0, 0.05) is 6.54 Å². The number of hydrogen-bond acceptors (Lipinski definition) is 3. The third-order valence-electron chi connectivity index (χ3n) is 2.50. The Labute approximate surface area is 76.5 Å². The molecule has 2 atom stereocenters. The summed E-state index contributed by atoms with van der Waals surface area (Å²) in [5.41, 5.74) is 0. The highest BCUT2D eigenvalue weighted by Gasteiger charge is 2.58. The maximum Gasteiger partial charge on any atom is 0.233 e. The zero-order valence-electron chi connectivity index (χ0n) is 6.69. The number of piperidine rings is 1. The standard InChI is InChI=1S/C8H11NO2S/c10-7-5-4-6(5)8(11)9(7)2-1-3-12/h5-6,12H,1-4H2. The van der Waals surface area contributed by atoms with Gasteiger partial charge in [0.15, 0.2) is 0 Å². The zero-order valence-corrected chi connectivity index (χ0v) is 7.59. The quantitative estimate of drug-likeness (QED) is 0.507. The van der Waals surface area contributed by atoms with Crippen LogP contribution in [0, 0.1) is 11.8 Å². The van der Waals surface area contributed by atoms with Gasteiger partial charge in [-0.25, -0.2) is 0 Å². The lowest BCUT2D eigenvalue weighted by molar-refractivity contribution is -0.141. The van der Waals surface area contributed by atoms with E-state index < -0.39 is 0 Å². The lowest BCUT2D eigenvalue weighted by Crippen LogP contribution is -2.33. The van der Waals surface area contributed by atoms with E-state index in [4.69, 9.17) is 0 Å². The molecule has 0 radical (unpaired) electrons. The van der Waals surface area contributed by atoms with Gasteiger partial charge in [-0.05, 0) is 18.6 Å². The Morgan fingerprint density at radius 1 is 1.33 bits per heavy atom. The van der Waals surface area contributed by atoms with Crippen LogP contribution in [0.1, 0.15) is 12.8 Å². The van der Waals surface area contributed by atoms with Crippen molar-refractivity contribution in [1.29, 1.82) is 0 Å². The Balaban J connectivity index is 1.97. The van der Waals surface area contributed by atoms with Crippen LogP contribution in [-0.4, -0.2) is 29.0 Å². The average molecular weight is 185 g/mol. The van der Waals surface area contributed by atoms with Crippen LogP contribution in [0.3, 0.4) is 0 Å². The van der Waals surface area contributed by atoms with Gasteiger partial charge < -0.3 is 0 Å². The van der Waals surface area contributed by atoms with Gasteiger partial charge in [-0.15, -0.1) is 0 Å². The summed E-state index contributed by atoms with van der Waals surface area (Å²) in [5.74, 6) is 0.931. The fraction of sp³-hybridized carbons (Fsp3) is 0.750. The molecule has 1 saturated heterocycles. The summed E-state index contributed by atoms with van der Waals surface area (Å²) in [7, 11) is 0. The number of amides is 2. The van der Waals surface area contributed by atoms with Gasteiger partial charge in [-0.1, -0.05) is 0 Å². The summed E-state index contributed by atoms with van der Waals surface area (Å²) in [5, 5.41) is 0. The first-order valence-corrected chi connectivity index (χ1v) is 4.85. The number of carbonyl (C=O) groups excluding carboxylic acids is 2. The van der Waals surface area contributed by atoms with Crippen molar-refractivity contribution < 1.29 is 9.59 Å². The van der Waals surface area contributed by atoms with E-state index in [2.05, 4.69) is 12.6 Å². The van der Waals surface area contributed by atoms with Gasteiger partial charge in [-0.3, -0.25) is 14.5 Å². The van der Waals surface area contributed by atoms with Crippen LogP contribution in [0.15, 0.2) is 0 Å². The topological polar surface area (TPSA) is 37.4 Å². The number of carbonyl (C=O) groups is 2. The summed E-state index contributed by atoms with van der Waals surface area (Å²) in [6.07, 6.45) is 1.61. The van der Waals surface area contributed by atoms with E-state index >= 15 is 0 Å². The molecule has 1 aliphatic carbocycles. The molecule has 12 heavy (non-hydrogen) atoms. The molecule has 0 aromatic carbocycles. The number of fused-ring (bicyclic) bond motifs is 1. The first-order chi connectivity index (χ1) is 5.75. The van der Waals surface area contributed by atoms with Crippen molar-refractivity contribution >= 4 is 24.4 Å². The lowest BCUT2D eigenvalue weighted by atomic mass is 10.3. The maximum atomic E-state index is 11.3. The Kier molecular flexibility index (Phi) is 1.87. The summed E-state index contributed by atoms with van der Waals surface area (Å²) >= 11 is 4.04. The molecule has 1 aliphatic heterocycles. The van der Waals surface area contributed by atoms with Crippen LogP contribution in [0.5, 0.6) is 0 Å². The number of hydrogen-bond donors (Lipinski definition) is 1. The van der Waals surface area contributed by atoms with Crippen molar-refractivity contribution in [3.05, 3.63) is 0 Å². The smallest absolute Gasteiger partial charge is 0.233 e. The molecule has 1 heterocycles. The average Bonchev–Trinajstić information content (AvgIpc) is 2.78. The van der Waals surface area contributed by atoms with Crippen molar-refractivity contribution in [2.45, 2.75) is 12.8 Å². The summed E-state index contributed by atoms with van der Waals surface area (Å²) in [6.45, 7) is 0.564. The maximum absolute atomic E-state index is 11.3. The lowest BCUT2D eigenvalue weighted by Gasteiger charge is -2.14. The Hall–Kier alpha value is -0.510. The molecule has 0 aromatic heterocycles. The van der Waals surface area contributed by atoms with Crippen LogP contribution >= 0.6 is 12.6 Å². The molecule has 2 rings (SSSR count). The van der Waals surface area contributed by atoms with E-state index in [1.807, 2.05) is 0 Å². The van der Waals surface area contributed by atoms with Crippen molar-refractivity contribution in [1.82, 2.24) is 4.90 Å². The van der Waals surface area contributed by atoms with Crippen LogP contribution in [0.2, 0.25) is 0 Å². The summed E-state index contributed by atoms with van der Waals surface area (Å²) in [6, 6.07) is 0. The van der Waals surface area contributed by atoms with Gasteiger partial charge >= 0.3 is 0 Å². The highest BCUT2D eigenvalue weighted by molar-refractivity contribution is 7.80. The predicted molar refractivity (Wildman–Crippen MR) is 46.8 cm³/mol. The molecule has 2 aliphatic rings. The molecule has 1 saturated carbocycles. The van der Waals surface area contributed by atoms with Gasteiger partial charge in [0.1, 0.15) is 0 Å². The largest absolute Gasteiger partial charge is 0.282 e. The van der Waals surface area contributed by atoms with Gasteiger partial charge in [0.05, 0.1) is 11.8 Å². The first kappa shape index (κ1) is 8.10. The predicted octanol–water partition coefficient (Wildman–Crippen LogP) is 0.311. The molecular formula is C8H11NO2S. The monoisotopic (exact) mass is 185 g/mol. The minimum Gasteiger partial charge on any atom is -0.282 e. The van der Waals surface area contributed by atoms with E-state index in [9.17, 15) is 9.59 Å². The number of rotatable bonds is 3. The van der Waals surface area contributed by atoms with Crippen molar-refractivity contribution in [3.8, 4) is 0 Å². The molecule has 0 N–H and O–H groups in total. The molecule has 3 nitrogen and oxygen atoms in total. The molecule has 0 bridgehead atoms. The fourth-order valence-corrected chi connectivity index (χ4v) is 1.84. The van der Waals surface area contributed by atoms with Crippen LogP contribution in [0.4, 0.5) is 0 Å². The highest BCUT2D eigenvalue weighted by Crippen LogP contribution is 2.46. The SMILES string of the molecule is O=C1C2CC2C(=O)N1CCCS. The van der Waals surface area contributed by atoms with E-state index in [0.717, 1.165) is 18.6 Å². The fourth-order valence-electron chi connectivity index (χ4n) is 1.70. The van der Waals surface area contributed by atoms with Crippen LogP contribution < -0.4 is 0 Å². The normalized spacial score (nSPS) is 32.6. The number of imide groups is 1. The van der Waals surface area contributed by atoms with Crippen molar-refractivity contribution in [2.75, 3.05) is 12.3 Å². The second-order valence-electron chi connectivity index (χ2n) is 3.35. The second kappa shape index (κ2) is 2.76. The number of nitrogens with zero attached hydrogens (tertiary/aromatic N) is 1. The molecule has 2 unspecified atom stereocenters. The molecule has 4 heteroatoms. The van der Waals surface area contributed by atoms with Crippen LogP contribution in [0.25, 0.3) is 0 Å². The summed E-state index contributed by atoms with van der Waals surface area (Å²) in [4.78, 5) is 24.1. The molecule has 0 spiro atoms. The third-order valence-corrected chi connectivity index (χ3v) is 2.81. The van der Waals surface area contributed by atoms with Gasteiger partial charge in [-0.2, -0.15) is 12.6 Å². The minimum absolute atomic E-state index is 0.0479. The minimum atomic E-state index is 0.0479. The van der Waals surface area contributed by atoms with Gasteiger partial charge in [0.25, 0.3) is 0 Å². The van der Waals surface area contributed by atoms with Crippen molar-refractivity contribution in [2.24, 2.45) is 11.8 Å². The van der Waals surface area contributed by atoms with E-state index in [0.29, 0.717) is 6.54 Å². The second-order valence-corrected chi connectivity index (χ2v) is 3.80. The zero-order chi connectivity index (χ0) is 8.72. The molecular weight excluding hydrogens is 174 g/mol. The molecule has 0 aromatic rings. The van der Waals surface area contributed by atoms with E-state index in [1.54, 1.807) is 0 Å². The highest BCUT2D eigenvalue weighted by atomic mass is 32.1. The number of likely N-dealkylation sites (tertiary alicyclic amines) is 1. The molecule has 2 amide bonds. The third kappa shape index (κ3) is 1.05. The molecule has 66 valence electrons. The Morgan fingerprint density at radius 2 is 1.92 bits per heavy atom. The number of thiol groups is 1. The summed E-state index contributed by atoms with van der Waals surface area (Å²) < 4.78 is 0. The van der Waals surface area contributed by atoms with Crippen molar-refractivity contribution in [3.63, 3.8) is 0 Å². The molecule has 2 fully saturated rings. The Bertz CT molecular complexity index is 221.